The lowest BCUT2D eigenvalue weighted by Crippen LogP contribution is -2.53. The summed E-state index contributed by atoms with van der Waals surface area (Å²) in [5.41, 5.74) is 9.43. The first kappa shape index (κ1) is 24.2. The number of aromatic amines is 1. The molecule has 7 heteroatoms. The summed E-state index contributed by atoms with van der Waals surface area (Å²) in [4.78, 5) is 18.1. The van der Waals surface area contributed by atoms with E-state index < -0.39 is 0 Å². The maximum Gasteiger partial charge on any atom is 0.137 e. The van der Waals surface area contributed by atoms with Crippen molar-refractivity contribution < 1.29 is 0 Å². The molecule has 0 atom stereocenters. The lowest BCUT2D eigenvalue weighted by Gasteiger charge is -2.47. The van der Waals surface area contributed by atoms with Crippen molar-refractivity contribution in [2.45, 2.75) is 94.8 Å². The standard InChI is InChI=1S/C29H39ClN6/c30-27-17-20(26-19-33-29-25(26)7-4-14-32-29)18-28(34-27)36(23-10-8-21(31)9-11-23)24-12-15-35(16-13-24)22-5-2-1-3-6-22/h4,7,14,17-19,21-24H,1-3,5-6,8-13,15-16,31H2,(H,32,33)/t21-,23-. The van der Waals surface area contributed by atoms with E-state index in [-0.39, 0.29) is 0 Å². The molecule has 1 aliphatic heterocycles. The Hall–Kier alpha value is -2.15. The molecule has 1 saturated heterocycles. The van der Waals surface area contributed by atoms with Gasteiger partial charge in [-0.15, -0.1) is 0 Å². The highest BCUT2D eigenvalue weighted by Crippen LogP contribution is 2.37. The summed E-state index contributed by atoms with van der Waals surface area (Å²) in [5, 5.41) is 1.67. The van der Waals surface area contributed by atoms with Crippen LogP contribution in [0.15, 0.2) is 36.7 Å². The quantitative estimate of drug-likeness (QED) is 0.406. The molecule has 0 aromatic carbocycles. The number of fused-ring (bicyclic) bond motifs is 1. The van der Waals surface area contributed by atoms with Crippen molar-refractivity contribution in [3.8, 4) is 11.1 Å². The Kier molecular flexibility index (Phi) is 7.18. The highest BCUT2D eigenvalue weighted by molar-refractivity contribution is 6.29. The molecule has 2 aliphatic carbocycles. The third-order valence-electron chi connectivity index (χ3n) is 8.93. The second-order valence-electron chi connectivity index (χ2n) is 11.2. The highest BCUT2D eigenvalue weighted by Gasteiger charge is 2.34. The minimum atomic E-state index is 0.331. The van der Waals surface area contributed by atoms with Crippen LogP contribution in [0.3, 0.4) is 0 Å². The number of nitrogens with two attached hydrogens (primary N) is 1. The fraction of sp³-hybridized carbons (Fsp3) is 0.586. The van der Waals surface area contributed by atoms with Gasteiger partial charge in [0.2, 0.25) is 0 Å². The molecule has 192 valence electrons. The molecule has 0 bridgehead atoms. The van der Waals surface area contributed by atoms with Crippen LogP contribution >= 0.6 is 11.6 Å². The van der Waals surface area contributed by atoms with Crippen molar-refractivity contribution in [3.05, 3.63) is 41.8 Å². The predicted molar refractivity (Wildman–Crippen MR) is 149 cm³/mol. The summed E-state index contributed by atoms with van der Waals surface area (Å²) in [6.07, 6.45) is 17.7. The van der Waals surface area contributed by atoms with Crippen LogP contribution < -0.4 is 10.6 Å². The number of rotatable bonds is 5. The molecule has 0 spiro atoms. The summed E-state index contributed by atoms with van der Waals surface area (Å²) in [6.45, 7) is 2.39. The number of H-pyrrole nitrogens is 1. The smallest absolute Gasteiger partial charge is 0.137 e. The first-order chi connectivity index (χ1) is 17.7. The molecule has 6 rings (SSSR count). The van der Waals surface area contributed by atoms with E-state index in [2.05, 4.69) is 31.9 Å². The van der Waals surface area contributed by atoms with Gasteiger partial charge in [0.15, 0.2) is 0 Å². The van der Waals surface area contributed by atoms with Gasteiger partial charge in [0.25, 0.3) is 0 Å². The maximum absolute atomic E-state index is 6.70. The second kappa shape index (κ2) is 10.7. The Morgan fingerprint density at radius 3 is 2.47 bits per heavy atom. The molecule has 0 radical (unpaired) electrons. The predicted octanol–water partition coefficient (Wildman–Crippen LogP) is 6.15. The van der Waals surface area contributed by atoms with Crippen LogP contribution in [-0.2, 0) is 0 Å². The molecule has 0 amide bonds. The van der Waals surface area contributed by atoms with Crippen LogP contribution in [0.2, 0.25) is 5.15 Å². The Morgan fingerprint density at radius 2 is 1.69 bits per heavy atom. The zero-order valence-corrected chi connectivity index (χ0v) is 22.0. The molecule has 6 nitrogen and oxygen atoms in total. The summed E-state index contributed by atoms with van der Waals surface area (Å²) >= 11 is 6.70. The molecule has 3 fully saturated rings. The van der Waals surface area contributed by atoms with Gasteiger partial charge in [-0.1, -0.05) is 30.9 Å². The van der Waals surface area contributed by atoms with Crippen LogP contribution in [-0.4, -0.2) is 57.1 Å². The minimum absolute atomic E-state index is 0.331. The molecule has 2 saturated carbocycles. The number of piperidine rings is 1. The SMILES string of the molecule is N[C@H]1CC[C@H](N(c2cc(-c3c[nH]c4ncccc34)cc(Cl)n2)C2CCN(C3CCCCC3)CC2)CC1. The van der Waals surface area contributed by atoms with Crippen molar-refractivity contribution in [1.29, 1.82) is 0 Å². The van der Waals surface area contributed by atoms with Crippen molar-refractivity contribution >= 4 is 28.5 Å². The van der Waals surface area contributed by atoms with Crippen LogP contribution in [0.25, 0.3) is 22.2 Å². The molecular formula is C29H39ClN6. The second-order valence-corrected chi connectivity index (χ2v) is 11.6. The molecule has 36 heavy (non-hydrogen) atoms. The number of pyridine rings is 2. The topological polar surface area (TPSA) is 74.1 Å². The maximum atomic E-state index is 6.70. The molecule has 3 aromatic heterocycles. The van der Waals surface area contributed by atoms with E-state index in [1.807, 2.05) is 24.5 Å². The van der Waals surface area contributed by atoms with E-state index in [1.165, 1.54) is 58.0 Å². The first-order valence-electron chi connectivity index (χ1n) is 14.0. The van der Waals surface area contributed by atoms with E-state index in [0.717, 1.165) is 59.7 Å². The Bertz CT molecular complexity index is 1160. The minimum Gasteiger partial charge on any atom is -0.350 e. The largest absolute Gasteiger partial charge is 0.350 e. The van der Waals surface area contributed by atoms with Crippen LogP contribution in [0.5, 0.6) is 0 Å². The third-order valence-corrected chi connectivity index (χ3v) is 9.12. The summed E-state index contributed by atoms with van der Waals surface area (Å²) in [6, 6.07) is 10.4. The molecule has 4 heterocycles. The first-order valence-corrected chi connectivity index (χ1v) is 14.4. The molecule has 0 unspecified atom stereocenters. The monoisotopic (exact) mass is 506 g/mol. The average Bonchev–Trinajstić information content (AvgIpc) is 3.35. The molecule has 3 N–H and O–H groups in total. The zero-order chi connectivity index (χ0) is 24.5. The van der Waals surface area contributed by atoms with E-state index in [1.54, 1.807) is 0 Å². The number of nitrogens with zero attached hydrogens (tertiary/aromatic N) is 4. The molecule has 3 aliphatic rings. The van der Waals surface area contributed by atoms with Gasteiger partial charge in [-0.2, -0.15) is 0 Å². The number of anilines is 1. The number of aromatic nitrogens is 3. The number of halogens is 1. The lowest BCUT2D eigenvalue weighted by atomic mass is 9.87. The van der Waals surface area contributed by atoms with Gasteiger partial charge in [0, 0.05) is 60.6 Å². The van der Waals surface area contributed by atoms with Gasteiger partial charge >= 0.3 is 0 Å². The van der Waals surface area contributed by atoms with E-state index in [4.69, 9.17) is 22.3 Å². The zero-order valence-electron chi connectivity index (χ0n) is 21.2. The Morgan fingerprint density at radius 1 is 0.944 bits per heavy atom. The number of hydrogen-bond acceptors (Lipinski definition) is 5. The molecular weight excluding hydrogens is 468 g/mol. The van der Waals surface area contributed by atoms with Gasteiger partial charge in [0.05, 0.1) is 0 Å². The van der Waals surface area contributed by atoms with Crippen LogP contribution in [0.1, 0.15) is 70.6 Å². The van der Waals surface area contributed by atoms with Gasteiger partial charge in [-0.3, -0.25) is 0 Å². The average molecular weight is 507 g/mol. The summed E-state index contributed by atoms with van der Waals surface area (Å²) in [5.74, 6) is 1.02. The summed E-state index contributed by atoms with van der Waals surface area (Å²) < 4.78 is 0. The van der Waals surface area contributed by atoms with Gasteiger partial charge in [-0.25, -0.2) is 9.97 Å². The van der Waals surface area contributed by atoms with E-state index in [0.29, 0.717) is 23.3 Å². The fourth-order valence-electron chi connectivity index (χ4n) is 6.99. The highest BCUT2D eigenvalue weighted by atomic mass is 35.5. The van der Waals surface area contributed by atoms with Crippen molar-refractivity contribution in [1.82, 2.24) is 19.9 Å². The number of hydrogen-bond donors (Lipinski definition) is 2. The normalized spacial score (nSPS) is 24.8. The number of likely N-dealkylation sites (tertiary alicyclic amines) is 1. The van der Waals surface area contributed by atoms with E-state index in [9.17, 15) is 0 Å². The van der Waals surface area contributed by atoms with Gasteiger partial charge in [-0.05, 0) is 81.2 Å². The van der Waals surface area contributed by atoms with Gasteiger partial charge < -0.3 is 20.5 Å². The summed E-state index contributed by atoms with van der Waals surface area (Å²) in [7, 11) is 0. The van der Waals surface area contributed by atoms with Gasteiger partial charge in [0.1, 0.15) is 16.6 Å². The number of nitrogens with one attached hydrogen (secondary N) is 1. The lowest BCUT2D eigenvalue weighted by molar-refractivity contribution is 0.118. The van der Waals surface area contributed by atoms with Crippen LogP contribution in [0, 0.1) is 0 Å². The van der Waals surface area contributed by atoms with Crippen molar-refractivity contribution in [2.75, 3.05) is 18.0 Å². The Balaban J connectivity index is 1.30. The molecule has 3 aromatic rings. The fourth-order valence-corrected chi connectivity index (χ4v) is 7.20. The Labute approximate surface area is 219 Å². The van der Waals surface area contributed by atoms with E-state index >= 15 is 0 Å². The van der Waals surface area contributed by atoms with Crippen molar-refractivity contribution in [2.24, 2.45) is 5.73 Å². The van der Waals surface area contributed by atoms with Crippen molar-refractivity contribution in [3.63, 3.8) is 0 Å². The third kappa shape index (κ3) is 5.00. The van der Waals surface area contributed by atoms with Crippen LogP contribution in [0.4, 0.5) is 5.82 Å².